The summed E-state index contributed by atoms with van der Waals surface area (Å²) in [6.45, 7) is 7.48. The van der Waals surface area contributed by atoms with Crippen LogP contribution in [0.25, 0.3) is 0 Å². The first kappa shape index (κ1) is 16.1. The van der Waals surface area contributed by atoms with E-state index in [2.05, 4.69) is 6.92 Å². The average molecular weight is 287 g/mol. The summed E-state index contributed by atoms with van der Waals surface area (Å²) < 4.78 is 5.63. The van der Waals surface area contributed by atoms with Gasteiger partial charge in [-0.25, -0.2) is 0 Å². The van der Waals surface area contributed by atoms with Gasteiger partial charge in [0.05, 0.1) is 0 Å². The van der Waals surface area contributed by atoms with E-state index < -0.39 is 0 Å². The Morgan fingerprint density at radius 3 is 2.74 bits per heavy atom. The molecule has 0 bridgehead atoms. The Bertz CT molecular complexity index is 445. The zero-order valence-electron chi connectivity index (χ0n) is 11.8. The highest BCUT2D eigenvalue weighted by molar-refractivity contribution is 5.92. The van der Waals surface area contributed by atoms with Crippen molar-refractivity contribution in [3.63, 3.8) is 0 Å². The van der Waals surface area contributed by atoms with Crippen molar-refractivity contribution in [3.8, 4) is 0 Å². The molecule has 2 unspecified atom stereocenters. The first-order valence-corrected chi connectivity index (χ1v) is 6.67. The Morgan fingerprint density at radius 1 is 1.58 bits per heavy atom. The fraction of sp³-hybridized carbons (Fsp3) is 0.643. The highest BCUT2D eigenvalue weighted by atomic mass is 35.5. The van der Waals surface area contributed by atoms with Gasteiger partial charge in [0.1, 0.15) is 5.76 Å². The van der Waals surface area contributed by atoms with E-state index in [1.165, 1.54) is 0 Å². The Morgan fingerprint density at radius 2 is 2.26 bits per heavy atom. The van der Waals surface area contributed by atoms with Crippen LogP contribution in [0.1, 0.15) is 42.1 Å². The standard InChI is InChI=1S/C14H22N2O2.ClH/c1-4-12-9(2)5-13(18-12)14(17)16-8-11(7-15)6-10(16)3;/h5,10-11H,4,6-8,15H2,1-3H3;1H. The lowest BCUT2D eigenvalue weighted by molar-refractivity contribution is 0.0709. The van der Waals surface area contributed by atoms with Gasteiger partial charge in [0, 0.05) is 19.0 Å². The van der Waals surface area contributed by atoms with Gasteiger partial charge in [0.25, 0.3) is 5.91 Å². The lowest BCUT2D eigenvalue weighted by Gasteiger charge is -2.20. The van der Waals surface area contributed by atoms with E-state index in [1.54, 1.807) is 0 Å². The molecule has 2 atom stereocenters. The van der Waals surface area contributed by atoms with Crippen molar-refractivity contribution in [3.05, 3.63) is 23.2 Å². The number of hydrogen-bond donors (Lipinski definition) is 1. The van der Waals surface area contributed by atoms with E-state index in [0.717, 1.165) is 30.7 Å². The number of carbonyl (C=O) groups excluding carboxylic acids is 1. The van der Waals surface area contributed by atoms with E-state index in [0.29, 0.717) is 18.2 Å². The maximum absolute atomic E-state index is 12.4. The van der Waals surface area contributed by atoms with Crippen LogP contribution in [0.2, 0.25) is 0 Å². The molecule has 1 aromatic heterocycles. The van der Waals surface area contributed by atoms with Gasteiger partial charge in [-0.05, 0) is 44.4 Å². The second-order valence-electron chi connectivity index (χ2n) is 5.21. The molecule has 1 aliphatic heterocycles. The zero-order valence-corrected chi connectivity index (χ0v) is 12.6. The fourth-order valence-electron chi connectivity index (χ4n) is 2.71. The maximum atomic E-state index is 12.4. The quantitative estimate of drug-likeness (QED) is 0.928. The number of aryl methyl sites for hydroxylation is 2. The van der Waals surface area contributed by atoms with E-state index in [-0.39, 0.29) is 24.4 Å². The molecule has 2 N–H and O–H groups in total. The van der Waals surface area contributed by atoms with Gasteiger partial charge < -0.3 is 15.1 Å². The van der Waals surface area contributed by atoms with E-state index in [1.807, 2.05) is 24.8 Å². The first-order valence-electron chi connectivity index (χ1n) is 6.67. The van der Waals surface area contributed by atoms with Crippen LogP contribution in [-0.4, -0.2) is 29.9 Å². The lowest BCUT2D eigenvalue weighted by atomic mass is 10.1. The van der Waals surface area contributed by atoms with Gasteiger partial charge in [0.2, 0.25) is 0 Å². The molecule has 2 rings (SSSR count). The van der Waals surface area contributed by atoms with Gasteiger partial charge in [-0.3, -0.25) is 4.79 Å². The molecule has 1 aliphatic rings. The molecule has 5 heteroatoms. The zero-order chi connectivity index (χ0) is 13.3. The molecule has 2 heterocycles. The van der Waals surface area contributed by atoms with E-state index in [4.69, 9.17) is 10.2 Å². The molecule has 1 aromatic rings. The minimum atomic E-state index is 0. The van der Waals surface area contributed by atoms with E-state index >= 15 is 0 Å². The van der Waals surface area contributed by atoms with Gasteiger partial charge >= 0.3 is 0 Å². The topological polar surface area (TPSA) is 59.5 Å². The van der Waals surface area contributed by atoms with Crippen molar-refractivity contribution in [2.24, 2.45) is 11.7 Å². The molecule has 0 aromatic carbocycles. The van der Waals surface area contributed by atoms with Crippen molar-refractivity contribution in [1.29, 1.82) is 0 Å². The number of likely N-dealkylation sites (tertiary alicyclic amines) is 1. The summed E-state index contributed by atoms with van der Waals surface area (Å²) in [5.41, 5.74) is 6.74. The normalized spacial score (nSPS) is 22.4. The number of rotatable bonds is 3. The predicted molar refractivity (Wildman–Crippen MR) is 77.7 cm³/mol. The Kier molecular flexibility index (Phi) is 5.44. The summed E-state index contributed by atoms with van der Waals surface area (Å²) in [6.07, 6.45) is 1.81. The molecule has 1 saturated heterocycles. The monoisotopic (exact) mass is 286 g/mol. The van der Waals surface area contributed by atoms with Crippen LogP contribution in [0.5, 0.6) is 0 Å². The highest BCUT2D eigenvalue weighted by Gasteiger charge is 2.33. The van der Waals surface area contributed by atoms with Crippen molar-refractivity contribution < 1.29 is 9.21 Å². The maximum Gasteiger partial charge on any atom is 0.289 e. The summed E-state index contributed by atoms with van der Waals surface area (Å²) in [6, 6.07) is 2.10. The van der Waals surface area contributed by atoms with Crippen LogP contribution in [0.4, 0.5) is 0 Å². The van der Waals surface area contributed by atoms with Crippen LogP contribution in [0.3, 0.4) is 0 Å². The summed E-state index contributed by atoms with van der Waals surface area (Å²) in [5.74, 6) is 1.79. The summed E-state index contributed by atoms with van der Waals surface area (Å²) in [7, 11) is 0. The molecular weight excluding hydrogens is 264 g/mol. The molecule has 0 aliphatic carbocycles. The number of nitrogens with two attached hydrogens (primary N) is 1. The molecule has 4 nitrogen and oxygen atoms in total. The smallest absolute Gasteiger partial charge is 0.289 e. The number of hydrogen-bond acceptors (Lipinski definition) is 3. The van der Waals surface area contributed by atoms with Crippen LogP contribution in [0, 0.1) is 12.8 Å². The largest absolute Gasteiger partial charge is 0.456 e. The van der Waals surface area contributed by atoms with Gasteiger partial charge in [0.15, 0.2) is 5.76 Å². The molecule has 108 valence electrons. The highest BCUT2D eigenvalue weighted by Crippen LogP contribution is 2.25. The van der Waals surface area contributed by atoms with Gasteiger partial charge in [-0.1, -0.05) is 6.92 Å². The number of carbonyl (C=O) groups is 1. The van der Waals surface area contributed by atoms with Gasteiger partial charge in [-0.15, -0.1) is 12.4 Å². The first-order chi connectivity index (χ1) is 8.56. The number of nitrogens with zero attached hydrogens (tertiary/aromatic N) is 1. The molecule has 0 saturated carbocycles. The molecule has 0 radical (unpaired) electrons. The van der Waals surface area contributed by atoms with Crippen molar-refractivity contribution in [1.82, 2.24) is 4.90 Å². The van der Waals surface area contributed by atoms with Crippen molar-refractivity contribution in [2.75, 3.05) is 13.1 Å². The van der Waals surface area contributed by atoms with Crippen LogP contribution < -0.4 is 5.73 Å². The average Bonchev–Trinajstić information content (AvgIpc) is 2.91. The third-order valence-electron chi connectivity index (χ3n) is 3.81. The minimum absolute atomic E-state index is 0. The number of furan rings is 1. The molecule has 1 amide bonds. The van der Waals surface area contributed by atoms with Crippen molar-refractivity contribution >= 4 is 18.3 Å². The van der Waals surface area contributed by atoms with Crippen LogP contribution in [0.15, 0.2) is 10.5 Å². The number of halogens is 1. The predicted octanol–water partition coefficient (Wildman–Crippen LogP) is 2.38. The summed E-state index contributed by atoms with van der Waals surface area (Å²) >= 11 is 0. The Labute approximate surface area is 120 Å². The number of amides is 1. The third kappa shape index (κ3) is 3.12. The molecule has 19 heavy (non-hydrogen) atoms. The summed E-state index contributed by atoms with van der Waals surface area (Å²) in [5, 5.41) is 0. The van der Waals surface area contributed by atoms with Crippen LogP contribution in [-0.2, 0) is 6.42 Å². The Hall–Kier alpha value is -1.00. The summed E-state index contributed by atoms with van der Waals surface area (Å²) in [4.78, 5) is 14.3. The third-order valence-corrected chi connectivity index (χ3v) is 3.81. The SMILES string of the molecule is CCc1oc(C(=O)N2CC(CN)CC2C)cc1C.Cl. The fourth-order valence-corrected chi connectivity index (χ4v) is 2.71. The second kappa shape index (κ2) is 6.44. The van der Waals surface area contributed by atoms with Crippen molar-refractivity contribution in [2.45, 2.75) is 39.7 Å². The van der Waals surface area contributed by atoms with E-state index in [9.17, 15) is 4.79 Å². The minimum Gasteiger partial charge on any atom is -0.456 e. The molecular formula is C14H23ClN2O2. The molecule has 1 fully saturated rings. The van der Waals surface area contributed by atoms with Gasteiger partial charge in [-0.2, -0.15) is 0 Å². The lowest BCUT2D eigenvalue weighted by Crippen LogP contribution is -2.34. The Balaban J connectivity index is 0.00000180. The molecule has 0 spiro atoms. The van der Waals surface area contributed by atoms with Crippen LogP contribution >= 0.6 is 12.4 Å². The second-order valence-corrected chi connectivity index (χ2v) is 5.21.